The molecule has 26 heavy (non-hydrogen) atoms. The molecule has 2 aromatic carbocycles. The van der Waals surface area contributed by atoms with E-state index in [2.05, 4.69) is 13.8 Å². The van der Waals surface area contributed by atoms with Crippen molar-refractivity contribution in [2.24, 2.45) is 0 Å². The molecule has 0 unspecified atom stereocenters. The van der Waals surface area contributed by atoms with Gasteiger partial charge in [-0.25, -0.2) is 9.18 Å². The van der Waals surface area contributed by atoms with Crippen LogP contribution in [0.15, 0.2) is 54.6 Å². The first-order chi connectivity index (χ1) is 12.5. The Labute approximate surface area is 157 Å². The predicted octanol–water partition coefficient (Wildman–Crippen LogP) is 6.52. The molecule has 3 aromatic rings. The van der Waals surface area contributed by atoms with Crippen molar-refractivity contribution in [2.75, 3.05) is 6.61 Å². The third-order valence-corrected chi connectivity index (χ3v) is 5.63. The highest BCUT2D eigenvalue weighted by molar-refractivity contribution is 7.16. The molecule has 0 aliphatic heterocycles. The maximum Gasteiger partial charge on any atom is 0.339 e. The van der Waals surface area contributed by atoms with Crippen LogP contribution in [0.2, 0.25) is 0 Å². The highest BCUT2D eigenvalue weighted by Crippen LogP contribution is 2.46. The quantitative estimate of drug-likeness (QED) is 0.479. The van der Waals surface area contributed by atoms with Gasteiger partial charge in [0.1, 0.15) is 5.82 Å². The molecular formula is C22H21FO2S. The minimum atomic E-state index is -0.353. The maximum absolute atomic E-state index is 13.9. The SMILES string of the molecule is CCOC(=O)c1c(C(C)C)sc(-c2ccccc2)c1-c1cccc(F)c1. The van der Waals surface area contributed by atoms with Crippen molar-refractivity contribution < 1.29 is 13.9 Å². The number of hydrogen-bond acceptors (Lipinski definition) is 3. The molecule has 0 aliphatic carbocycles. The molecule has 0 fully saturated rings. The predicted molar refractivity (Wildman–Crippen MR) is 105 cm³/mol. The molecule has 0 bridgehead atoms. The monoisotopic (exact) mass is 368 g/mol. The summed E-state index contributed by atoms with van der Waals surface area (Å²) in [4.78, 5) is 14.7. The van der Waals surface area contributed by atoms with E-state index in [0.717, 1.165) is 20.9 Å². The Kier molecular flexibility index (Phi) is 5.52. The fourth-order valence-corrected chi connectivity index (χ4v) is 4.29. The van der Waals surface area contributed by atoms with Crippen LogP contribution < -0.4 is 0 Å². The number of carbonyl (C=O) groups is 1. The van der Waals surface area contributed by atoms with Crippen molar-refractivity contribution in [1.29, 1.82) is 0 Å². The topological polar surface area (TPSA) is 26.3 Å². The number of ether oxygens (including phenoxy) is 1. The minimum absolute atomic E-state index is 0.157. The van der Waals surface area contributed by atoms with Crippen LogP contribution in [0.25, 0.3) is 21.6 Å². The molecule has 0 N–H and O–H groups in total. The molecule has 1 heterocycles. The van der Waals surface area contributed by atoms with Gasteiger partial charge in [-0.05, 0) is 36.1 Å². The molecule has 134 valence electrons. The van der Waals surface area contributed by atoms with Crippen molar-refractivity contribution >= 4 is 17.3 Å². The summed E-state index contributed by atoms with van der Waals surface area (Å²) in [6, 6.07) is 16.3. The number of rotatable bonds is 5. The molecule has 0 aliphatic rings. The summed E-state index contributed by atoms with van der Waals surface area (Å²) in [5.41, 5.74) is 3.00. The Bertz CT molecular complexity index is 913. The zero-order chi connectivity index (χ0) is 18.7. The highest BCUT2D eigenvalue weighted by Gasteiger charge is 2.27. The van der Waals surface area contributed by atoms with E-state index in [1.54, 1.807) is 24.3 Å². The lowest BCUT2D eigenvalue weighted by molar-refractivity contribution is 0.0526. The van der Waals surface area contributed by atoms with Gasteiger partial charge in [-0.1, -0.05) is 56.3 Å². The van der Waals surface area contributed by atoms with Crippen LogP contribution >= 0.6 is 11.3 Å². The Hall–Kier alpha value is -2.46. The number of thiophene rings is 1. The number of hydrogen-bond donors (Lipinski definition) is 0. The first-order valence-corrected chi connectivity index (χ1v) is 9.49. The van der Waals surface area contributed by atoms with Crippen LogP contribution in [0.1, 0.15) is 41.9 Å². The smallest absolute Gasteiger partial charge is 0.339 e. The molecule has 0 saturated heterocycles. The summed E-state index contributed by atoms with van der Waals surface area (Å²) >= 11 is 1.58. The zero-order valence-electron chi connectivity index (χ0n) is 15.1. The molecule has 2 nitrogen and oxygen atoms in total. The Morgan fingerprint density at radius 2 is 1.77 bits per heavy atom. The van der Waals surface area contributed by atoms with Gasteiger partial charge in [0.15, 0.2) is 0 Å². The second-order valence-corrected chi connectivity index (χ2v) is 7.35. The van der Waals surface area contributed by atoms with Crippen LogP contribution in [-0.4, -0.2) is 12.6 Å². The Morgan fingerprint density at radius 1 is 1.08 bits per heavy atom. The van der Waals surface area contributed by atoms with Gasteiger partial charge in [0.05, 0.1) is 12.2 Å². The maximum atomic E-state index is 13.9. The van der Waals surface area contributed by atoms with Crippen molar-refractivity contribution in [2.45, 2.75) is 26.7 Å². The second kappa shape index (κ2) is 7.83. The average molecular weight is 368 g/mol. The molecule has 0 saturated carbocycles. The summed E-state index contributed by atoms with van der Waals surface area (Å²) in [5.74, 6) is -0.522. The lowest BCUT2D eigenvalue weighted by Crippen LogP contribution is -2.08. The van der Waals surface area contributed by atoms with Crippen molar-refractivity contribution in [3.05, 3.63) is 70.9 Å². The molecule has 4 heteroatoms. The van der Waals surface area contributed by atoms with E-state index in [1.807, 2.05) is 36.4 Å². The summed E-state index contributed by atoms with van der Waals surface area (Å²) in [7, 11) is 0. The fourth-order valence-electron chi connectivity index (χ4n) is 2.97. The lowest BCUT2D eigenvalue weighted by atomic mass is 9.95. The van der Waals surface area contributed by atoms with Gasteiger partial charge >= 0.3 is 5.97 Å². The van der Waals surface area contributed by atoms with Crippen molar-refractivity contribution in [3.63, 3.8) is 0 Å². The molecule has 3 rings (SSSR count). The van der Waals surface area contributed by atoms with E-state index in [-0.39, 0.29) is 17.7 Å². The lowest BCUT2D eigenvalue weighted by Gasteiger charge is -2.10. The number of carbonyl (C=O) groups excluding carboxylic acids is 1. The zero-order valence-corrected chi connectivity index (χ0v) is 15.9. The van der Waals surface area contributed by atoms with Gasteiger partial charge < -0.3 is 4.74 Å². The highest BCUT2D eigenvalue weighted by atomic mass is 32.1. The van der Waals surface area contributed by atoms with E-state index in [9.17, 15) is 9.18 Å². The number of benzene rings is 2. The number of halogens is 1. The van der Waals surface area contributed by atoms with Crippen molar-refractivity contribution in [3.8, 4) is 21.6 Å². The molecule has 0 spiro atoms. The van der Waals surface area contributed by atoms with Crippen LogP contribution in [0.4, 0.5) is 4.39 Å². The van der Waals surface area contributed by atoms with E-state index in [1.165, 1.54) is 12.1 Å². The van der Waals surface area contributed by atoms with Crippen LogP contribution in [-0.2, 0) is 4.74 Å². The summed E-state index contributed by atoms with van der Waals surface area (Å²) in [5, 5.41) is 0. The third-order valence-electron chi connectivity index (χ3n) is 4.09. The second-order valence-electron chi connectivity index (χ2n) is 6.30. The van der Waals surface area contributed by atoms with Gasteiger partial charge in [0, 0.05) is 15.3 Å². The minimum Gasteiger partial charge on any atom is -0.462 e. The standard InChI is InChI=1S/C22H21FO2S/c1-4-25-22(24)19-18(16-11-8-12-17(23)13-16)21(26-20(19)14(2)3)15-9-6-5-7-10-15/h5-14H,4H2,1-3H3. The van der Waals surface area contributed by atoms with Gasteiger partial charge in [-0.3, -0.25) is 0 Å². The summed E-state index contributed by atoms with van der Waals surface area (Å²) in [6.45, 7) is 6.20. The molecular weight excluding hydrogens is 347 g/mol. The molecule has 1 aromatic heterocycles. The van der Waals surface area contributed by atoms with E-state index < -0.39 is 0 Å². The fraction of sp³-hybridized carbons (Fsp3) is 0.227. The normalized spacial score (nSPS) is 11.0. The molecule has 0 atom stereocenters. The Morgan fingerprint density at radius 3 is 2.38 bits per heavy atom. The van der Waals surface area contributed by atoms with Gasteiger partial charge in [0.25, 0.3) is 0 Å². The van der Waals surface area contributed by atoms with Crippen molar-refractivity contribution in [1.82, 2.24) is 0 Å². The van der Waals surface area contributed by atoms with E-state index >= 15 is 0 Å². The van der Waals surface area contributed by atoms with Gasteiger partial charge in [-0.15, -0.1) is 11.3 Å². The summed E-state index contributed by atoms with van der Waals surface area (Å²) < 4.78 is 19.3. The van der Waals surface area contributed by atoms with E-state index in [4.69, 9.17) is 4.74 Å². The van der Waals surface area contributed by atoms with Crippen LogP contribution in [0, 0.1) is 5.82 Å². The largest absolute Gasteiger partial charge is 0.462 e. The number of esters is 1. The third kappa shape index (κ3) is 3.56. The van der Waals surface area contributed by atoms with Crippen LogP contribution in [0.3, 0.4) is 0 Å². The first kappa shape index (κ1) is 18.3. The van der Waals surface area contributed by atoms with E-state index in [0.29, 0.717) is 17.7 Å². The van der Waals surface area contributed by atoms with Crippen LogP contribution in [0.5, 0.6) is 0 Å². The molecule has 0 radical (unpaired) electrons. The Balaban J connectivity index is 2.34. The van der Waals surface area contributed by atoms with Gasteiger partial charge in [0.2, 0.25) is 0 Å². The summed E-state index contributed by atoms with van der Waals surface area (Å²) in [6.07, 6.45) is 0. The average Bonchev–Trinajstić information content (AvgIpc) is 3.03. The van der Waals surface area contributed by atoms with Gasteiger partial charge in [-0.2, -0.15) is 0 Å². The first-order valence-electron chi connectivity index (χ1n) is 8.68. The molecule has 0 amide bonds.